The van der Waals surface area contributed by atoms with Crippen molar-refractivity contribution in [3.05, 3.63) is 76.8 Å². The highest BCUT2D eigenvalue weighted by atomic mass is 32.1. The van der Waals surface area contributed by atoms with E-state index in [1.165, 1.54) is 22.3 Å². The summed E-state index contributed by atoms with van der Waals surface area (Å²) in [6.07, 6.45) is 0. The molecule has 2 aromatic carbocycles. The number of carbonyl (C=O) groups is 1. The molecule has 0 saturated carbocycles. The van der Waals surface area contributed by atoms with Gasteiger partial charge in [0.1, 0.15) is 17.2 Å². The highest BCUT2D eigenvalue weighted by molar-refractivity contribution is 7.14. The Bertz CT molecular complexity index is 829. The first-order chi connectivity index (χ1) is 11.1. The predicted octanol–water partition coefficient (Wildman–Crippen LogP) is 4.71. The Hall–Kier alpha value is -2.60. The lowest BCUT2D eigenvalue weighted by Crippen LogP contribution is -2.27. The van der Waals surface area contributed by atoms with Crippen molar-refractivity contribution < 1.29 is 13.6 Å². The Balaban J connectivity index is 2.14. The van der Waals surface area contributed by atoms with Crippen LogP contribution in [0.5, 0.6) is 0 Å². The number of thiazole rings is 1. The van der Waals surface area contributed by atoms with E-state index >= 15 is 0 Å². The lowest BCUT2D eigenvalue weighted by molar-refractivity contribution is 0.0991. The molecule has 1 heterocycles. The fourth-order valence-corrected chi connectivity index (χ4v) is 2.97. The molecule has 0 atom stereocenters. The van der Waals surface area contributed by atoms with E-state index < -0.39 is 23.1 Å². The predicted molar refractivity (Wildman–Crippen MR) is 86.1 cm³/mol. The summed E-state index contributed by atoms with van der Waals surface area (Å²) in [6, 6.07) is 12.0. The van der Waals surface area contributed by atoms with E-state index in [1.54, 1.807) is 42.6 Å². The quantitative estimate of drug-likeness (QED) is 0.697. The molecule has 1 aromatic heterocycles. The van der Waals surface area contributed by atoms with Crippen molar-refractivity contribution >= 4 is 28.1 Å². The third-order valence-electron chi connectivity index (χ3n) is 3.19. The van der Waals surface area contributed by atoms with E-state index in [4.69, 9.17) is 0 Å². The van der Waals surface area contributed by atoms with Crippen LogP contribution in [-0.4, -0.2) is 10.9 Å². The molecule has 3 rings (SSSR count). The van der Waals surface area contributed by atoms with E-state index in [0.29, 0.717) is 10.8 Å². The van der Waals surface area contributed by atoms with E-state index in [1.807, 2.05) is 0 Å². The van der Waals surface area contributed by atoms with Gasteiger partial charge in [0, 0.05) is 5.38 Å². The van der Waals surface area contributed by atoms with Crippen molar-refractivity contribution in [1.29, 1.82) is 0 Å². The van der Waals surface area contributed by atoms with Crippen molar-refractivity contribution in [2.45, 2.75) is 6.92 Å². The summed E-state index contributed by atoms with van der Waals surface area (Å²) in [6.45, 7) is 1.79. The number of para-hydroxylation sites is 1. The number of carbonyl (C=O) groups excluding carboxylic acids is 1. The van der Waals surface area contributed by atoms with Crippen LogP contribution in [0.4, 0.5) is 19.6 Å². The van der Waals surface area contributed by atoms with Gasteiger partial charge in [0.25, 0.3) is 5.91 Å². The van der Waals surface area contributed by atoms with Crippen molar-refractivity contribution in [3.8, 4) is 0 Å². The zero-order valence-corrected chi connectivity index (χ0v) is 13.0. The Labute approximate surface area is 135 Å². The number of aryl methyl sites for hydroxylation is 1. The van der Waals surface area contributed by atoms with E-state index in [9.17, 15) is 13.6 Å². The lowest BCUT2D eigenvalue weighted by Gasteiger charge is -2.20. The topological polar surface area (TPSA) is 33.2 Å². The fraction of sp³-hybridized carbons (Fsp3) is 0.0588. The number of hydrogen-bond donors (Lipinski definition) is 0. The first-order valence-electron chi connectivity index (χ1n) is 6.83. The highest BCUT2D eigenvalue weighted by Gasteiger charge is 2.27. The molecular weight excluding hydrogens is 318 g/mol. The summed E-state index contributed by atoms with van der Waals surface area (Å²) in [4.78, 5) is 18.3. The average molecular weight is 330 g/mol. The second-order valence-electron chi connectivity index (χ2n) is 4.84. The molecule has 0 N–H and O–H groups in total. The molecule has 23 heavy (non-hydrogen) atoms. The van der Waals surface area contributed by atoms with Gasteiger partial charge in [0.15, 0.2) is 5.13 Å². The number of amides is 1. The second kappa shape index (κ2) is 6.26. The first-order valence-corrected chi connectivity index (χ1v) is 7.71. The zero-order chi connectivity index (χ0) is 16.4. The standard InChI is InChI=1S/C17H12F2N2OS/c1-11-10-23-17(20-11)21(12-6-3-2-4-7-12)16(22)15-13(18)8-5-9-14(15)19/h2-10H,1H3. The Morgan fingerprint density at radius 1 is 1.04 bits per heavy atom. The summed E-state index contributed by atoms with van der Waals surface area (Å²) in [5.74, 6) is -2.59. The van der Waals surface area contributed by atoms with Gasteiger partial charge in [-0.15, -0.1) is 11.3 Å². The molecule has 6 heteroatoms. The summed E-state index contributed by atoms with van der Waals surface area (Å²) in [5.41, 5.74) is 0.631. The molecule has 0 unspecified atom stereocenters. The lowest BCUT2D eigenvalue weighted by atomic mass is 10.1. The molecule has 116 valence electrons. The van der Waals surface area contributed by atoms with Crippen molar-refractivity contribution in [1.82, 2.24) is 4.98 Å². The first kappa shape index (κ1) is 15.3. The largest absolute Gasteiger partial charge is 0.270 e. The molecule has 0 radical (unpaired) electrons. The van der Waals surface area contributed by atoms with E-state index in [2.05, 4.69) is 4.98 Å². The zero-order valence-electron chi connectivity index (χ0n) is 12.2. The summed E-state index contributed by atoms with van der Waals surface area (Å²) in [5, 5.41) is 2.14. The number of nitrogens with zero attached hydrogens (tertiary/aromatic N) is 2. The number of hydrogen-bond acceptors (Lipinski definition) is 3. The third kappa shape index (κ3) is 2.98. The molecule has 3 nitrogen and oxygen atoms in total. The molecule has 0 bridgehead atoms. The van der Waals surface area contributed by atoms with Gasteiger partial charge in [0.2, 0.25) is 0 Å². The van der Waals surface area contributed by atoms with Crippen LogP contribution >= 0.6 is 11.3 Å². The minimum atomic E-state index is -0.899. The Morgan fingerprint density at radius 2 is 1.70 bits per heavy atom. The van der Waals surface area contributed by atoms with Gasteiger partial charge in [0.05, 0.1) is 11.4 Å². The molecule has 0 spiro atoms. The highest BCUT2D eigenvalue weighted by Crippen LogP contribution is 2.31. The maximum atomic E-state index is 14.0. The molecule has 0 aliphatic rings. The number of anilines is 2. The smallest absolute Gasteiger partial charge is 0.268 e. The Morgan fingerprint density at radius 3 is 2.26 bits per heavy atom. The average Bonchev–Trinajstić information content (AvgIpc) is 2.94. The number of rotatable bonds is 3. The number of halogens is 2. The van der Waals surface area contributed by atoms with Crippen molar-refractivity contribution in [3.63, 3.8) is 0 Å². The maximum absolute atomic E-state index is 14.0. The molecule has 0 aliphatic heterocycles. The van der Waals surface area contributed by atoms with Gasteiger partial charge in [-0.1, -0.05) is 24.3 Å². The van der Waals surface area contributed by atoms with Crippen LogP contribution in [-0.2, 0) is 0 Å². The summed E-state index contributed by atoms with van der Waals surface area (Å²) in [7, 11) is 0. The summed E-state index contributed by atoms with van der Waals surface area (Å²) < 4.78 is 28.0. The van der Waals surface area contributed by atoms with Gasteiger partial charge < -0.3 is 0 Å². The Kier molecular flexibility index (Phi) is 4.16. The van der Waals surface area contributed by atoms with Crippen LogP contribution in [0.3, 0.4) is 0 Å². The fourth-order valence-electron chi connectivity index (χ4n) is 2.15. The minimum Gasteiger partial charge on any atom is -0.268 e. The van der Waals surface area contributed by atoms with Crippen molar-refractivity contribution in [2.75, 3.05) is 4.90 Å². The van der Waals surface area contributed by atoms with Gasteiger partial charge in [-0.2, -0.15) is 0 Å². The van der Waals surface area contributed by atoms with Crippen molar-refractivity contribution in [2.24, 2.45) is 0 Å². The maximum Gasteiger partial charge on any atom is 0.270 e. The molecule has 0 saturated heterocycles. The number of benzene rings is 2. The second-order valence-corrected chi connectivity index (χ2v) is 5.68. The van der Waals surface area contributed by atoms with Gasteiger partial charge in [-0.05, 0) is 31.2 Å². The molecular formula is C17H12F2N2OS. The van der Waals surface area contributed by atoms with Crippen LogP contribution in [0.1, 0.15) is 16.1 Å². The molecule has 1 amide bonds. The van der Waals surface area contributed by atoms with Crippen LogP contribution in [0.15, 0.2) is 53.9 Å². The van der Waals surface area contributed by atoms with E-state index in [0.717, 1.165) is 17.8 Å². The molecule has 3 aromatic rings. The third-order valence-corrected chi connectivity index (χ3v) is 4.14. The van der Waals surface area contributed by atoms with Gasteiger partial charge >= 0.3 is 0 Å². The van der Waals surface area contributed by atoms with Gasteiger partial charge in [-0.25, -0.2) is 13.8 Å². The van der Waals surface area contributed by atoms with Crippen LogP contribution < -0.4 is 4.90 Å². The number of aromatic nitrogens is 1. The normalized spacial score (nSPS) is 10.6. The molecule has 0 aliphatic carbocycles. The van der Waals surface area contributed by atoms with Crippen LogP contribution in [0.2, 0.25) is 0 Å². The van der Waals surface area contributed by atoms with E-state index in [-0.39, 0.29) is 0 Å². The van der Waals surface area contributed by atoms with Crippen LogP contribution in [0.25, 0.3) is 0 Å². The molecule has 0 fully saturated rings. The van der Waals surface area contributed by atoms with Crippen LogP contribution in [0, 0.1) is 18.6 Å². The minimum absolute atomic E-state index is 0.362. The monoisotopic (exact) mass is 330 g/mol. The SMILES string of the molecule is Cc1csc(N(C(=O)c2c(F)cccc2F)c2ccccc2)n1. The van der Waals surface area contributed by atoms with Gasteiger partial charge in [-0.3, -0.25) is 9.69 Å². The summed E-state index contributed by atoms with van der Waals surface area (Å²) >= 11 is 1.24.